The lowest BCUT2D eigenvalue weighted by Gasteiger charge is -1.93. The van der Waals surface area contributed by atoms with Crippen molar-refractivity contribution in [3.05, 3.63) is 41.6 Å². The second kappa shape index (κ2) is 5.06. The Morgan fingerprint density at radius 1 is 1.41 bits per heavy atom. The number of benzene rings is 1. The number of fused-ring (bicyclic) bond motifs is 1. The summed E-state index contributed by atoms with van der Waals surface area (Å²) in [5.74, 6) is -0.423. The molecule has 0 unspecified atom stereocenters. The molecule has 0 bridgehead atoms. The van der Waals surface area contributed by atoms with Crippen molar-refractivity contribution in [2.24, 2.45) is 0 Å². The van der Waals surface area contributed by atoms with Gasteiger partial charge >= 0.3 is 5.97 Å². The fourth-order valence-electron chi connectivity index (χ4n) is 1.77. The van der Waals surface area contributed by atoms with Crippen molar-refractivity contribution in [2.45, 2.75) is 6.42 Å². The van der Waals surface area contributed by atoms with Gasteiger partial charge in [0.15, 0.2) is 0 Å². The Morgan fingerprint density at radius 3 is 2.88 bits per heavy atom. The average molecular weight is 250 g/mol. The van der Waals surface area contributed by atoms with Gasteiger partial charge in [0.1, 0.15) is 5.69 Å². The van der Waals surface area contributed by atoms with Gasteiger partial charge < -0.3 is 10.1 Å². The molecule has 1 aromatic heterocycles. The summed E-state index contributed by atoms with van der Waals surface area (Å²) in [5, 5.41) is 10.0. The van der Waals surface area contributed by atoms with Crippen molar-refractivity contribution >= 4 is 34.5 Å². The quantitative estimate of drug-likeness (QED) is 0.815. The Bertz CT molecular complexity index is 572. The number of H-pyrrole nitrogens is 1. The number of carbonyl (C=O) groups is 1. The minimum atomic E-state index is -0.952. The van der Waals surface area contributed by atoms with Crippen molar-refractivity contribution in [3.63, 3.8) is 0 Å². The maximum atomic E-state index is 11.1. The number of carboxylic acid groups (broad SMARTS) is 1. The van der Waals surface area contributed by atoms with Gasteiger partial charge in [-0.2, -0.15) is 0 Å². The minimum absolute atomic E-state index is 0.219. The van der Waals surface area contributed by atoms with Crippen molar-refractivity contribution in [3.8, 4) is 0 Å². The van der Waals surface area contributed by atoms with Crippen molar-refractivity contribution in [2.75, 3.05) is 5.88 Å². The molecule has 4 heteroatoms. The predicted molar refractivity (Wildman–Crippen MR) is 69.6 cm³/mol. The first-order chi connectivity index (χ1) is 8.24. The molecular weight excluding hydrogens is 238 g/mol. The fraction of sp³-hybridized carbons (Fsp3) is 0.154. The van der Waals surface area contributed by atoms with Crippen LogP contribution in [-0.4, -0.2) is 21.9 Å². The van der Waals surface area contributed by atoms with Crippen LogP contribution in [0, 0.1) is 0 Å². The molecule has 1 heterocycles. The first kappa shape index (κ1) is 11.7. The average Bonchev–Trinajstić information content (AvgIpc) is 2.69. The molecule has 88 valence electrons. The highest BCUT2D eigenvalue weighted by molar-refractivity contribution is 6.18. The molecule has 2 rings (SSSR count). The Labute approximate surface area is 104 Å². The number of hydrogen-bond donors (Lipinski definition) is 2. The lowest BCUT2D eigenvalue weighted by molar-refractivity contribution is 0.0691. The van der Waals surface area contributed by atoms with Crippen LogP contribution in [0.5, 0.6) is 0 Å². The number of nitrogens with one attached hydrogen (secondary N) is 1. The third-order valence-corrected chi connectivity index (χ3v) is 2.74. The smallest absolute Gasteiger partial charge is 0.352 e. The number of carboxylic acids is 1. The van der Waals surface area contributed by atoms with Crippen LogP contribution >= 0.6 is 11.6 Å². The Hall–Kier alpha value is -1.74. The summed E-state index contributed by atoms with van der Waals surface area (Å²) in [4.78, 5) is 14.0. The van der Waals surface area contributed by atoms with Gasteiger partial charge in [-0.3, -0.25) is 0 Å². The zero-order chi connectivity index (χ0) is 12.3. The number of para-hydroxylation sites is 1. The lowest BCUT2D eigenvalue weighted by atomic mass is 10.1. The summed E-state index contributed by atoms with van der Waals surface area (Å²) in [7, 11) is 0. The molecule has 0 saturated heterocycles. The van der Waals surface area contributed by atoms with Crippen LogP contribution in [0.3, 0.4) is 0 Å². The topological polar surface area (TPSA) is 53.1 Å². The van der Waals surface area contributed by atoms with Crippen LogP contribution in [0.4, 0.5) is 0 Å². The van der Waals surface area contributed by atoms with E-state index in [0.29, 0.717) is 11.4 Å². The third kappa shape index (κ3) is 2.34. The molecule has 0 atom stereocenters. The van der Waals surface area contributed by atoms with E-state index in [1.807, 2.05) is 36.4 Å². The number of rotatable bonds is 4. The number of aromatic amines is 1. The SMILES string of the molecule is O=C(O)c1[nH]c2ccccc2c1C=CCCCl. The second-order valence-corrected chi connectivity index (χ2v) is 4.02. The van der Waals surface area contributed by atoms with Gasteiger partial charge in [-0.25, -0.2) is 4.79 Å². The van der Waals surface area contributed by atoms with Crippen molar-refractivity contribution < 1.29 is 9.90 Å². The van der Waals surface area contributed by atoms with Crippen LogP contribution in [0.15, 0.2) is 30.3 Å². The maximum absolute atomic E-state index is 11.1. The number of aromatic carboxylic acids is 1. The fourth-order valence-corrected chi connectivity index (χ4v) is 1.90. The normalized spacial score (nSPS) is 11.4. The van der Waals surface area contributed by atoms with Gasteiger partial charge in [-0.15, -0.1) is 11.6 Å². The molecular formula is C13H12ClNO2. The number of allylic oxidation sites excluding steroid dienone is 1. The molecule has 0 amide bonds. The summed E-state index contributed by atoms with van der Waals surface area (Å²) in [6.07, 6.45) is 4.42. The van der Waals surface area contributed by atoms with Crippen LogP contribution in [0.2, 0.25) is 0 Å². The van der Waals surface area contributed by atoms with Gasteiger partial charge in [0.2, 0.25) is 0 Å². The zero-order valence-electron chi connectivity index (χ0n) is 9.11. The zero-order valence-corrected chi connectivity index (χ0v) is 9.87. The van der Waals surface area contributed by atoms with E-state index in [9.17, 15) is 4.79 Å². The summed E-state index contributed by atoms with van der Waals surface area (Å²) < 4.78 is 0. The van der Waals surface area contributed by atoms with E-state index in [2.05, 4.69) is 4.98 Å². The Morgan fingerprint density at radius 2 is 2.18 bits per heavy atom. The predicted octanol–water partition coefficient (Wildman–Crippen LogP) is 3.51. The van der Waals surface area contributed by atoms with Gasteiger partial charge in [-0.05, 0) is 12.5 Å². The van der Waals surface area contributed by atoms with Crippen LogP contribution in [0.1, 0.15) is 22.5 Å². The number of hydrogen-bond acceptors (Lipinski definition) is 1. The largest absolute Gasteiger partial charge is 0.477 e. The molecule has 2 aromatic rings. The Kier molecular flexibility index (Phi) is 3.49. The minimum Gasteiger partial charge on any atom is -0.477 e. The van der Waals surface area contributed by atoms with E-state index in [1.165, 1.54) is 0 Å². The maximum Gasteiger partial charge on any atom is 0.352 e. The molecule has 0 spiro atoms. The molecule has 0 aliphatic carbocycles. The van der Waals surface area contributed by atoms with Crippen molar-refractivity contribution in [1.29, 1.82) is 0 Å². The highest BCUT2D eigenvalue weighted by atomic mass is 35.5. The number of alkyl halides is 1. The summed E-state index contributed by atoms with van der Waals surface area (Å²) in [5.41, 5.74) is 1.76. The van der Waals surface area contributed by atoms with Crippen LogP contribution in [0.25, 0.3) is 17.0 Å². The number of aromatic nitrogens is 1. The molecule has 0 aliphatic rings. The van der Waals surface area contributed by atoms with E-state index >= 15 is 0 Å². The standard InChI is InChI=1S/C13H12ClNO2/c14-8-4-3-6-10-9-5-1-2-7-11(9)15-12(10)13(16)17/h1-3,5-7,15H,4,8H2,(H,16,17). The Balaban J connectivity index is 2.56. The molecule has 0 radical (unpaired) electrons. The monoisotopic (exact) mass is 249 g/mol. The molecule has 0 fully saturated rings. The lowest BCUT2D eigenvalue weighted by Crippen LogP contribution is -1.98. The molecule has 17 heavy (non-hydrogen) atoms. The van der Waals surface area contributed by atoms with Crippen LogP contribution < -0.4 is 0 Å². The van der Waals surface area contributed by atoms with E-state index in [4.69, 9.17) is 16.7 Å². The van der Waals surface area contributed by atoms with E-state index in [-0.39, 0.29) is 5.69 Å². The highest BCUT2D eigenvalue weighted by Gasteiger charge is 2.14. The van der Waals surface area contributed by atoms with Gasteiger partial charge in [0, 0.05) is 22.3 Å². The van der Waals surface area contributed by atoms with E-state index in [1.54, 1.807) is 0 Å². The summed E-state index contributed by atoms with van der Waals surface area (Å²) in [6.45, 7) is 0. The van der Waals surface area contributed by atoms with Gasteiger partial charge in [0.25, 0.3) is 0 Å². The molecule has 3 nitrogen and oxygen atoms in total. The first-order valence-corrected chi connectivity index (χ1v) is 5.84. The summed E-state index contributed by atoms with van der Waals surface area (Å²) >= 11 is 5.59. The van der Waals surface area contributed by atoms with Crippen molar-refractivity contribution in [1.82, 2.24) is 4.98 Å². The third-order valence-electron chi connectivity index (χ3n) is 2.52. The molecule has 1 aromatic carbocycles. The number of halogens is 1. The van der Waals surface area contributed by atoms with Crippen LogP contribution in [-0.2, 0) is 0 Å². The summed E-state index contributed by atoms with van der Waals surface area (Å²) in [6, 6.07) is 7.52. The highest BCUT2D eigenvalue weighted by Crippen LogP contribution is 2.23. The first-order valence-electron chi connectivity index (χ1n) is 5.30. The molecule has 0 saturated carbocycles. The van der Waals surface area contributed by atoms with Gasteiger partial charge in [-0.1, -0.05) is 30.4 Å². The van der Waals surface area contributed by atoms with Gasteiger partial charge in [0.05, 0.1) is 0 Å². The second-order valence-electron chi connectivity index (χ2n) is 3.64. The van der Waals surface area contributed by atoms with E-state index in [0.717, 1.165) is 17.3 Å². The molecule has 0 aliphatic heterocycles. The molecule has 2 N–H and O–H groups in total. The van der Waals surface area contributed by atoms with E-state index < -0.39 is 5.97 Å².